The van der Waals surface area contributed by atoms with Crippen LogP contribution in [0.4, 0.5) is 5.69 Å². The molecule has 0 atom stereocenters. The molecule has 0 saturated heterocycles. The Labute approximate surface area is 103 Å². The molecule has 86 valence electrons. The molecular weight excluding hydrogens is 206 g/mol. The summed E-state index contributed by atoms with van der Waals surface area (Å²) < 4.78 is 0. The molecule has 0 bridgehead atoms. The van der Waals surface area contributed by atoms with Crippen molar-refractivity contribution < 1.29 is 0 Å². The van der Waals surface area contributed by atoms with E-state index >= 15 is 0 Å². The van der Waals surface area contributed by atoms with E-state index in [1.165, 1.54) is 16.7 Å². The lowest BCUT2D eigenvalue weighted by molar-refractivity contribution is 1.33. The minimum absolute atomic E-state index is 1.01. The summed E-state index contributed by atoms with van der Waals surface area (Å²) in [6.07, 6.45) is 1.91. The number of benzene rings is 2. The van der Waals surface area contributed by atoms with Crippen LogP contribution in [0.5, 0.6) is 0 Å². The van der Waals surface area contributed by atoms with Gasteiger partial charge in [0.1, 0.15) is 0 Å². The molecule has 0 spiro atoms. The fourth-order valence-electron chi connectivity index (χ4n) is 1.61. The first-order valence-electron chi connectivity index (χ1n) is 5.83. The summed E-state index contributed by atoms with van der Waals surface area (Å²) in [4.78, 5) is 4.48. The van der Waals surface area contributed by atoms with Crippen LogP contribution in [-0.4, -0.2) is 6.21 Å². The number of aryl methyl sites for hydroxylation is 3. The normalized spacial score (nSPS) is 11.0. The predicted octanol–water partition coefficient (Wildman–Crippen LogP) is 4.36. The van der Waals surface area contributed by atoms with Gasteiger partial charge in [0.25, 0.3) is 0 Å². The molecule has 1 nitrogen and oxygen atoms in total. The number of nitrogens with zero attached hydrogens (tertiary/aromatic N) is 1. The molecule has 0 N–H and O–H groups in total. The van der Waals surface area contributed by atoms with Gasteiger partial charge in [0.15, 0.2) is 0 Å². The van der Waals surface area contributed by atoms with Crippen molar-refractivity contribution in [3.63, 3.8) is 0 Å². The minimum atomic E-state index is 1.01. The van der Waals surface area contributed by atoms with Gasteiger partial charge in [-0.1, -0.05) is 35.9 Å². The van der Waals surface area contributed by atoms with Gasteiger partial charge in [-0.15, -0.1) is 0 Å². The van der Waals surface area contributed by atoms with E-state index in [2.05, 4.69) is 62.2 Å². The third kappa shape index (κ3) is 3.04. The van der Waals surface area contributed by atoms with E-state index in [0.717, 1.165) is 11.3 Å². The van der Waals surface area contributed by atoms with Crippen LogP contribution in [-0.2, 0) is 0 Å². The monoisotopic (exact) mass is 223 g/mol. The van der Waals surface area contributed by atoms with Gasteiger partial charge < -0.3 is 0 Å². The lowest BCUT2D eigenvalue weighted by Gasteiger charge is -2.00. The third-order valence-electron chi connectivity index (χ3n) is 2.93. The zero-order valence-corrected chi connectivity index (χ0v) is 10.6. The molecule has 0 saturated carbocycles. The highest BCUT2D eigenvalue weighted by molar-refractivity contribution is 5.82. The Morgan fingerprint density at radius 3 is 2.18 bits per heavy atom. The first-order valence-corrected chi connectivity index (χ1v) is 5.83. The number of aliphatic imine (C=N–C) groups is 1. The van der Waals surface area contributed by atoms with Crippen molar-refractivity contribution in [3.8, 4) is 0 Å². The Bertz CT molecular complexity index is 536. The Hall–Kier alpha value is -1.89. The van der Waals surface area contributed by atoms with Gasteiger partial charge in [-0.3, -0.25) is 4.99 Å². The quantitative estimate of drug-likeness (QED) is 0.671. The van der Waals surface area contributed by atoms with Crippen LogP contribution in [0, 0.1) is 20.8 Å². The van der Waals surface area contributed by atoms with Gasteiger partial charge >= 0.3 is 0 Å². The molecule has 0 fully saturated rings. The molecule has 0 unspecified atom stereocenters. The summed E-state index contributed by atoms with van der Waals surface area (Å²) in [6.45, 7) is 6.31. The average Bonchev–Trinajstić information content (AvgIpc) is 2.33. The van der Waals surface area contributed by atoms with E-state index < -0.39 is 0 Å². The molecule has 0 aromatic heterocycles. The van der Waals surface area contributed by atoms with E-state index in [4.69, 9.17) is 0 Å². The van der Waals surface area contributed by atoms with Crippen LogP contribution in [0.15, 0.2) is 47.5 Å². The van der Waals surface area contributed by atoms with E-state index in [1.807, 2.05) is 12.3 Å². The highest BCUT2D eigenvalue weighted by Gasteiger charge is 1.94. The fraction of sp³-hybridized carbons (Fsp3) is 0.188. The lowest BCUT2D eigenvalue weighted by Crippen LogP contribution is -1.82. The second-order valence-electron chi connectivity index (χ2n) is 4.44. The molecule has 2 aromatic rings. The van der Waals surface area contributed by atoms with Crippen molar-refractivity contribution in [2.45, 2.75) is 20.8 Å². The van der Waals surface area contributed by atoms with Crippen molar-refractivity contribution in [3.05, 3.63) is 64.7 Å². The summed E-state index contributed by atoms with van der Waals surface area (Å²) in [5.74, 6) is 0. The highest BCUT2D eigenvalue weighted by atomic mass is 14.7. The predicted molar refractivity (Wildman–Crippen MR) is 74.3 cm³/mol. The molecule has 0 heterocycles. The summed E-state index contributed by atoms with van der Waals surface area (Å²) in [5.41, 5.74) is 6.00. The van der Waals surface area contributed by atoms with Crippen molar-refractivity contribution in [1.82, 2.24) is 0 Å². The smallest absolute Gasteiger partial charge is 0.0632 e. The second kappa shape index (κ2) is 4.96. The molecule has 0 aliphatic carbocycles. The highest BCUT2D eigenvalue weighted by Crippen LogP contribution is 2.17. The maximum Gasteiger partial charge on any atom is 0.0632 e. The summed E-state index contributed by atoms with van der Waals surface area (Å²) >= 11 is 0. The van der Waals surface area contributed by atoms with Gasteiger partial charge in [0.05, 0.1) is 5.69 Å². The summed E-state index contributed by atoms with van der Waals surface area (Å²) in [5, 5.41) is 0. The maximum absolute atomic E-state index is 4.48. The molecule has 0 aliphatic rings. The van der Waals surface area contributed by atoms with Gasteiger partial charge in [0, 0.05) is 6.21 Å². The summed E-state index contributed by atoms with van der Waals surface area (Å²) in [6, 6.07) is 14.6. The molecule has 2 rings (SSSR count). The van der Waals surface area contributed by atoms with Crippen LogP contribution < -0.4 is 0 Å². The molecule has 2 aromatic carbocycles. The molecular formula is C16H17N. The third-order valence-corrected chi connectivity index (χ3v) is 2.93. The first-order chi connectivity index (χ1) is 8.15. The van der Waals surface area contributed by atoms with Gasteiger partial charge in [0.2, 0.25) is 0 Å². The molecule has 0 amide bonds. The molecule has 0 radical (unpaired) electrons. The SMILES string of the molecule is Cc1ccc(C=Nc2ccc(C)c(C)c2)cc1. The lowest BCUT2D eigenvalue weighted by atomic mass is 10.1. The van der Waals surface area contributed by atoms with Crippen LogP contribution in [0.25, 0.3) is 0 Å². The van der Waals surface area contributed by atoms with Crippen LogP contribution in [0.2, 0.25) is 0 Å². The van der Waals surface area contributed by atoms with Crippen LogP contribution in [0.3, 0.4) is 0 Å². The fourth-order valence-corrected chi connectivity index (χ4v) is 1.61. The van der Waals surface area contributed by atoms with Crippen LogP contribution in [0.1, 0.15) is 22.3 Å². The first kappa shape index (κ1) is 11.6. The van der Waals surface area contributed by atoms with Gasteiger partial charge in [-0.25, -0.2) is 0 Å². The number of hydrogen-bond acceptors (Lipinski definition) is 1. The van der Waals surface area contributed by atoms with E-state index in [9.17, 15) is 0 Å². The Kier molecular flexibility index (Phi) is 3.38. The maximum atomic E-state index is 4.48. The Morgan fingerprint density at radius 2 is 1.53 bits per heavy atom. The van der Waals surface area contributed by atoms with Crippen molar-refractivity contribution in [1.29, 1.82) is 0 Å². The molecule has 17 heavy (non-hydrogen) atoms. The standard InChI is InChI=1S/C16H17N/c1-12-4-7-15(8-5-12)11-17-16-9-6-13(2)14(3)10-16/h4-11H,1-3H3. The van der Waals surface area contributed by atoms with E-state index in [0.29, 0.717) is 0 Å². The molecule has 1 heteroatoms. The van der Waals surface area contributed by atoms with Crippen LogP contribution >= 0.6 is 0 Å². The zero-order valence-electron chi connectivity index (χ0n) is 10.6. The Morgan fingerprint density at radius 1 is 0.824 bits per heavy atom. The van der Waals surface area contributed by atoms with Gasteiger partial charge in [-0.2, -0.15) is 0 Å². The van der Waals surface area contributed by atoms with Gasteiger partial charge in [-0.05, 0) is 49.6 Å². The average molecular weight is 223 g/mol. The minimum Gasteiger partial charge on any atom is -0.256 e. The molecule has 0 aliphatic heterocycles. The Balaban J connectivity index is 2.20. The van der Waals surface area contributed by atoms with E-state index in [1.54, 1.807) is 0 Å². The van der Waals surface area contributed by atoms with Crippen molar-refractivity contribution in [2.24, 2.45) is 4.99 Å². The second-order valence-corrected chi connectivity index (χ2v) is 4.44. The summed E-state index contributed by atoms with van der Waals surface area (Å²) in [7, 11) is 0. The number of hydrogen-bond donors (Lipinski definition) is 0. The number of rotatable bonds is 2. The topological polar surface area (TPSA) is 12.4 Å². The largest absolute Gasteiger partial charge is 0.256 e. The van der Waals surface area contributed by atoms with Crippen molar-refractivity contribution in [2.75, 3.05) is 0 Å². The zero-order chi connectivity index (χ0) is 12.3. The van der Waals surface area contributed by atoms with Crippen molar-refractivity contribution >= 4 is 11.9 Å². The van der Waals surface area contributed by atoms with E-state index in [-0.39, 0.29) is 0 Å².